The van der Waals surface area contributed by atoms with Gasteiger partial charge in [-0.1, -0.05) is 17.7 Å². The van der Waals surface area contributed by atoms with Crippen molar-refractivity contribution in [3.05, 3.63) is 28.8 Å². The highest BCUT2D eigenvalue weighted by atomic mass is 35.5. The van der Waals surface area contributed by atoms with Crippen LogP contribution in [0.15, 0.2) is 18.2 Å². The fourth-order valence-corrected chi connectivity index (χ4v) is 2.79. The van der Waals surface area contributed by atoms with Crippen molar-refractivity contribution < 1.29 is 9.59 Å². The quantitative estimate of drug-likeness (QED) is 0.919. The molecular formula is C16H22ClN3O2. The molecule has 0 bridgehead atoms. The van der Waals surface area contributed by atoms with Crippen LogP contribution in [0.3, 0.4) is 0 Å². The van der Waals surface area contributed by atoms with Crippen molar-refractivity contribution in [2.45, 2.75) is 20.3 Å². The molecule has 1 aromatic rings. The molecule has 0 aliphatic carbocycles. The highest BCUT2D eigenvalue weighted by molar-refractivity contribution is 6.30. The summed E-state index contributed by atoms with van der Waals surface area (Å²) >= 11 is 6.07. The molecule has 1 fully saturated rings. The molecule has 5 nitrogen and oxygen atoms in total. The number of anilines is 1. The Morgan fingerprint density at radius 2 is 1.91 bits per heavy atom. The van der Waals surface area contributed by atoms with E-state index in [0.717, 1.165) is 23.8 Å². The number of piperazine rings is 1. The highest BCUT2D eigenvalue weighted by Gasteiger charge is 2.21. The van der Waals surface area contributed by atoms with Gasteiger partial charge in [0.1, 0.15) is 0 Å². The molecule has 1 aliphatic heterocycles. The molecule has 0 radical (unpaired) electrons. The summed E-state index contributed by atoms with van der Waals surface area (Å²) in [6, 6.07) is 5.88. The second kappa shape index (κ2) is 7.49. The molecule has 22 heavy (non-hydrogen) atoms. The molecule has 2 rings (SSSR count). The smallest absolute Gasteiger partial charge is 0.224 e. The molecule has 0 spiro atoms. The summed E-state index contributed by atoms with van der Waals surface area (Å²) in [6.07, 6.45) is 0.357. The lowest BCUT2D eigenvalue weighted by Crippen LogP contribution is -2.49. The van der Waals surface area contributed by atoms with Gasteiger partial charge in [0.05, 0.1) is 0 Å². The maximum atomic E-state index is 12.1. The summed E-state index contributed by atoms with van der Waals surface area (Å²) in [6.45, 7) is 6.92. The molecule has 0 atom stereocenters. The number of hydrogen-bond acceptors (Lipinski definition) is 3. The maximum absolute atomic E-state index is 12.1. The van der Waals surface area contributed by atoms with Gasteiger partial charge in [0.2, 0.25) is 11.8 Å². The summed E-state index contributed by atoms with van der Waals surface area (Å²) in [4.78, 5) is 27.0. The number of rotatable bonds is 4. The predicted octanol–water partition coefficient (Wildman–Crippen LogP) is 1.82. The van der Waals surface area contributed by atoms with Crippen molar-refractivity contribution in [1.29, 1.82) is 0 Å². The van der Waals surface area contributed by atoms with E-state index in [1.54, 1.807) is 0 Å². The van der Waals surface area contributed by atoms with Crippen LogP contribution < -0.4 is 10.2 Å². The topological polar surface area (TPSA) is 52.7 Å². The van der Waals surface area contributed by atoms with Crippen molar-refractivity contribution >= 4 is 29.1 Å². The first-order chi connectivity index (χ1) is 10.5. The van der Waals surface area contributed by atoms with Crippen molar-refractivity contribution in [1.82, 2.24) is 10.2 Å². The van der Waals surface area contributed by atoms with Crippen LogP contribution in [0.2, 0.25) is 5.02 Å². The first-order valence-electron chi connectivity index (χ1n) is 7.50. The third kappa shape index (κ3) is 4.37. The lowest BCUT2D eigenvalue weighted by molar-refractivity contribution is -0.131. The van der Waals surface area contributed by atoms with E-state index < -0.39 is 0 Å². The van der Waals surface area contributed by atoms with Gasteiger partial charge in [0.25, 0.3) is 0 Å². The third-order valence-electron chi connectivity index (χ3n) is 3.86. The number of carbonyl (C=O) groups excluding carboxylic acids is 2. The predicted molar refractivity (Wildman–Crippen MR) is 88.3 cm³/mol. The Labute approximate surface area is 136 Å². The minimum Gasteiger partial charge on any atom is -0.368 e. The van der Waals surface area contributed by atoms with Crippen molar-refractivity contribution in [3.8, 4) is 0 Å². The van der Waals surface area contributed by atoms with E-state index in [-0.39, 0.29) is 11.8 Å². The standard InChI is InChI=1S/C16H22ClN3O2/c1-12-3-4-14(17)11-15(12)19-7-9-20(10-8-19)16(22)5-6-18-13(2)21/h3-4,11H,5-10H2,1-2H3,(H,18,21). The van der Waals surface area contributed by atoms with Gasteiger partial charge in [-0.25, -0.2) is 0 Å². The Hall–Kier alpha value is -1.75. The number of carbonyl (C=O) groups is 2. The maximum Gasteiger partial charge on any atom is 0.224 e. The van der Waals surface area contributed by atoms with Gasteiger partial charge in [-0.2, -0.15) is 0 Å². The molecule has 0 unspecified atom stereocenters. The van der Waals surface area contributed by atoms with Crippen LogP contribution in [0, 0.1) is 6.92 Å². The monoisotopic (exact) mass is 323 g/mol. The number of nitrogens with zero attached hydrogens (tertiary/aromatic N) is 2. The van der Waals surface area contributed by atoms with E-state index in [4.69, 9.17) is 11.6 Å². The van der Waals surface area contributed by atoms with Crippen LogP contribution in [-0.2, 0) is 9.59 Å². The Kier molecular flexibility index (Phi) is 5.66. The van der Waals surface area contributed by atoms with Crippen LogP contribution in [0.4, 0.5) is 5.69 Å². The molecular weight excluding hydrogens is 302 g/mol. The molecule has 1 heterocycles. The molecule has 6 heteroatoms. The summed E-state index contributed by atoms with van der Waals surface area (Å²) < 4.78 is 0. The Morgan fingerprint density at radius 1 is 1.23 bits per heavy atom. The molecule has 1 aromatic carbocycles. The minimum absolute atomic E-state index is 0.0937. The number of halogens is 1. The van der Waals surface area contributed by atoms with E-state index in [1.165, 1.54) is 12.5 Å². The van der Waals surface area contributed by atoms with Crippen LogP contribution in [0.25, 0.3) is 0 Å². The van der Waals surface area contributed by atoms with Gasteiger partial charge in [-0.05, 0) is 24.6 Å². The average molecular weight is 324 g/mol. The summed E-state index contributed by atoms with van der Waals surface area (Å²) in [7, 11) is 0. The van der Waals surface area contributed by atoms with Crippen molar-refractivity contribution in [3.63, 3.8) is 0 Å². The van der Waals surface area contributed by atoms with E-state index in [2.05, 4.69) is 17.1 Å². The van der Waals surface area contributed by atoms with Crippen LogP contribution in [0.1, 0.15) is 18.9 Å². The number of amides is 2. The van der Waals surface area contributed by atoms with Gasteiger partial charge >= 0.3 is 0 Å². The molecule has 1 aliphatic rings. The molecule has 0 saturated carbocycles. The van der Waals surface area contributed by atoms with Crippen molar-refractivity contribution in [2.24, 2.45) is 0 Å². The largest absolute Gasteiger partial charge is 0.368 e. The number of hydrogen-bond donors (Lipinski definition) is 1. The van der Waals surface area contributed by atoms with Gasteiger partial charge in [-0.15, -0.1) is 0 Å². The van der Waals surface area contributed by atoms with Gasteiger partial charge < -0.3 is 15.1 Å². The zero-order valence-corrected chi connectivity index (χ0v) is 13.8. The minimum atomic E-state index is -0.103. The fourth-order valence-electron chi connectivity index (χ4n) is 2.62. The zero-order valence-electron chi connectivity index (χ0n) is 13.1. The van der Waals surface area contributed by atoms with Crippen LogP contribution in [-0.4, -0.2) is 49.4 Å². The summed E-state index contributed by atoms with van der Waals surface area (Å²) in [5.74, 6) is -0.00901. The normalized spacial score (nSPS) is 14.9. The first kappa shape index (κ1) is 16.6. The lowest BCUT2D eigenvalue weighted by atomic mass is 10.1. The molecule has 120 valence electrons. The second-order valence-electron chi connectivity index (χ2n) is 5.53. The third-order valence-corrected chi connectivity index (χ3v) is 4.09. The number of benzene rings is 1. The molecule has 1 saturated heterocycles. The lowest BCUT2D eigenvalue weighted by Gasteiger charge is -2.37. The van der Waals surface area contributed by atoms with Crippen molar-refractivity contribution in [2.75, 3.05) is 37.6 Å². The molecule has 2 amide bonds. The highest BCUT2D eigenvalue weighted by Crippen LogP contribution is 2.25. The Morgan fingerprint density at radius 3 is 2.55 bits per heavy atom. The number of nitrogens with one attached hydrogen (secondary N) is 1. The van der Waals surface area contributed by atoms with E-state index in [1.807, 2.05) is 23.1 Å². The average Bonchev–Trinajstić information content (AvgIpc) is 2.49. The summed E-state index contributed by atoms with van der Waals surface area (Å²) in [5, 5.41) is 3.38. The van der Waals surface area contributed by atoms with Crippen LogP contribution in [0.5, 0.6) is 0 Å². The first-order valence-corrected chi connectivity index (χ1v) is 7.88. The number of aryl methyl sites for hydroxylation is 1. The molecule has 1 N–H and O–H groups in total. The zero-order chi connectivity index (χ0) is 16.1. The Bertz CT molecular complexity index is 554. The van der Waals surface area contributed by atoms with E-state index in [0.29, 0.717) is 26.1 Å². The van der Waals surface area contributed by atoms with Gasteiger partial charge in [-0.3, -0.25) is 9.59 Å². The Balaban J connectivity index is 1.86. The fraction of sp³-hybridized carbons (Fsp3) is 0.500. The van der Waals surface area contributed by atoms with Gasteiger partial charge in [0.15, 0.2) is 0 Å². The second-order valence-corrected chi connectivity index (χ2v) is 5.97. The van der Waals surface area contributed by atoms with Gasteiger partial charge in [0, 0.05) is 56.8 Å². The summed E-state index contributed by atoms with van der Waals surface area (Å²) in [5.41, 5.74) is 2.33. The SMILES string of the molecule is CC(=O)NCCC(=O)N1CCN(c2cc(Cl)ccc2C)CC1. The van der Waals surface area contributed by atoms with E-state index >= 15 is 0 Å². The van der Waals surface area contributed by atoms with E-state index in [9.17, 15) is 9.59 Å². The molecule has 0 aromatic heterocycles. The van der Waals surface area contributed by atoms with Crippen LogP contribution >= 0.6 is 11.6 Å².